The van der Waals surface area contributed by atoms with Crippen LogP contribution in [-0.2, 0) is 4.74 Å². The Hall–Kier alpha value is -2.48. The molecule has 1 fully saturated rings. The zero-order valence-corrected chi connectivity index (χ0v) is 9.03. The number of aromatic nitrogens is 2. The van der Waals surface area contributed by atoms with Crippen LogP contribution in [0.4, 0.5) is 0 Å². The van der Waals surface area contributed by atoms with Crippen LogP contribution < -0.4 is 5.32 Å². The van der Waals surface area contributed by atoms with E-state index in [0.717, 1.165) is 17.6 Å². The number of aromatic amines is 1. The third-order valence-corrected chi connectivity index (χ3v) is 2.60. The summed E-state index contributed by atoms with van der Waals surface area (Å²) in [5, 5.41) is 12.2. The molecule has 0 radical (unpaired) electrons. The van der Waals surface area contributed by atoms with Crippen molar-refractivity contribution in [1.82, 2.24) is 15.3 Å². The summed E-state index contributed by atoms with van der Waals surface area (Å²) in [5.74, 6) is 1.05. The number of H-pyrrole nitrogens is 1. The average Bonchev–Trinajstić information content (AvgIpc) is 2.98. The van der Waals surface area contributed by atoms with Gasteiger partial charge < -0.3 is 15.0 Å². The molecule has 1 aromatic heterocycles. The van der Waals surface area contributed by atoms with E-state index >= 15 is 0 Å². The Labute approximate surface area is 97.7 Å². The molecule has 1 saturated heterocycles. The molecule has 3 rings (SSSR count). The lowest BCUT2D eigenvalue weighted by molar-refractivity contribution is 0.267. The van der Waals surface area contributed by atoms with E-state index in [4.69, 9.17) is 4.74 Å². The first-order valence-electron chi connectivity index (χ1n) is 5.34. The molecule has 5 nitrogen and oxygen atoms in total. The van der Waals surface area contributed by atoms with Gasteiger partial charge in [-0.05, 0) is 12.1 Å². The van der Waals surface area contributed by atoms with E-state index in [1.54, 1.807) is 0 Å². The lowest BCUT2D eigenvalue weighted by atomic mass is 10.3. The highest BCUT2D eigenvalue weighted by molar-refractivity contribution is 5.82. The molecule has 2 heterocycles. The minimum absolute atomic E-state index is 0.415. The van der Waals surface area contributed by atoms with Crippen LogP contribution in [0.3, 0.4) is 0 Å². The van der Waals surface area contributed by atoms with Gasteiger partial charge in [0.2, 0.25) is 5.88 Å². The third kappa shape index (κ3) is 1.60. The molecule has 1 aliphatic rings. The number of imidazole rings is 1. The maximum Gasteiger partial charge on any atom is 0.209 e. The van der Waals surface area contributed by atoms with Gasteiger partial charge in [-0.25, -0.2) is 4.98 Å². The van der Waals surface area contributed by atoms with Crippen LogP contribution in [0.15, 0.2) is 30.1 Å². The van der Waals surface area contributed by atoms with Gasteiger partial charge in [0.25, 0.3) is 0 Å². The van der Waals surface area contributed by atoms with Crippen molar-refractivity contribution >= 4 is 16.6 Å². The first-order valence-corrected chi connectivity index (χ1v) is 5.34. The van der Waals surface area contributed by atoms with Gasteiger partial charge in [-0.3, -0.25) is 0 Å². The quantitative estimate of drug-likeness (QED) is 0.720. The van der Waals surface area contributed by atoms with Crippen LogP contribution in [0.5, 0.6) is 0 Å². The zero-order valence-electron chi connectivity index (χ0n) is 9.03. The molecule has 0 spiro atoms. The summed E-state index contributed by atoms with van der Waals surface area (Å²) in [6.07, 6.45) is 0. The number of nitrogens with zero attached hydrogens (tertiary/aromatic N) is 2. The molecule has 1 aliphatic heterocycles. The Kier molecular flexibility index (Phi) is 2.19. The molecule has 2 N–H and O–H groups in total. The summed E-state index contributed by atoms with van der Waals surface area (Å²) in [6, 6.07) is 9.78. The number of hydrogen-bond donors (Lipinski definition) is 2. The van der Waals surface area contributed by atoms with Gasteiger partial charge in [0, 0.05) is 0 Å². The Morgan fingerprint density at radius 2 is 2.29 bits per heavy atom. The molecule has 0 atom stereocenters. The minimum Gasteiger partial charge on any atom is -0.476 e. The van der Waals surface area contributed by atoms with Crippen LogP contribution in [-0.4, -0.2) is 23.1 Å². The van der Waals surface area contributed by atoms with E-state index in [9.17, 15) is 5.26 Å². The number of fused-ring (bicyclic) bond motifs is 1. The molecular formula is C12H10N4O. The van der Waals surface area contributed by atoms with Gasteiger partial charge in [-0.15, -0.1) is 0 Å². The van der Waals surface area contributed by atoms with Gasteiger partial charge in [0.1, 0.15) is 12.7 Å². The molecule has 17 heavy (non-hydrogen) atoms. The van der Waals surface area contributed by atoms with Crippen molar-refractivity contribution in [3.05, 3.63) is 36.0 Å². The summed E-state index contributed by atoms with van der Waals surface area (Å²) in [7, 11) is 0. The summed E-state index contributed by atoms with van der Waals surface area (Å²) >= 11 is 0. The summed E-state index contributed by atoms with van der Waals surface area (Å²) in [4.78, 5) is 7.48. The smallest absolute Gasteiger partial charge is 0.209 e. The van der Waals surface area contributed by atoms with Crippen molar-refractivity contribution in [3.63, 3.8) is 0 Å². The second kappa shape index (κ2) is 3.83. The van der Waals surface area contributed by atoms with Crippen LogP contribution in [0, 0.1) is 11.3 Å². The SMILES string of the molecule is N#C/C(=C1/NCCO1)c1nc2ccccc2[nH]1. The summed E-state index contributed by atoms with van der Waals surface area (Å²) in [6.45, 7) is 1.31. The average molecular weight is 226 g/mol. The van der Waals surface area contributed by atoms with Gasteiger partial charge in [0.05, 0.1) is 17.6 Å². The maximum absolute atomic E-state index is 9.18. The van der Waals surface area contributed by atoms with Crippen molar-refractivity contribution in [2.45, 2.75) is 0 Å². The molecule has 1 aromatic carbocycles. The second-order valence-corrected chi connectivity index (χ2v) is 3.69. The number of allylic oxidation sites excluding steroid dienone is 1. The van der Waals surface area contributed by atoms with Crippen LogP contribution in [0.25, 0.3) is 16.6 Å². The van der Waals surface area contributed by atoms with E-state index in [-0.39, 0.29) is 0 Å². The zero-order chi connectivity index (χ0) is 11.7. The minimum atomic E-state index is 0.415. The Morgan fingerprint density at radius 1 is 1.41 bits per heavy atom. The highest BCUT2D eigenvalue weighted by Gasteiger charge is 2.17. The monoisotopic (exact) mass is 226 g/mol. The number of hydrogen-bond acceptors (Lipinski definition) is 4. The van der Waals surface area contributed by atoms with E-state index < -0.39 is 0 Å². The van der Waals surface area contributed by atoms with Crippen molar-refractivity contribution in [1.29, 1.82) is 5.26 Å². The molecule has 0 bridgehead atoms. The Morgan fingerprint density at radius 3 is 3.00 bits per heavy atom. The summed E-state index contributed by atoms with van der Waals surface area (Å²) < 4.78 is 5.34. The number of nitriles is 1. The highest BCUT2D eigenvalue weighted by atomic mass is 16.5. The lowest BCUT2D eigenvalue weighted by Crippen LogP contribution is -2.07. The topological polar surface area (TPSA) is 73.7 Å². The molecule has 0 amide bonds. The molecule has 5 heteroatoms. The van der Waals surface area contributed by atoms with E-state index in [0.29, 0.717) is 23.9 Å². The normalized spacial score (nSPS) is 17.4. The Balaban J connectivity index is 2.14. The molecule has 0 unspecified atom stereocenters. The fourth-order valence-electron chi connectivity index (χ4n) is 1.81. The first kappa shape index (κ1) is 9.73. The summed E-state index contributed by atoms with van der Waals surface area (Å²) in [5.41, 5.74) is 2.17. The molecule has 84 valence electrons. The van der Waals surface area contributed by atoms with Crippen molar-refractivity contribution in [3.8, 4) is 6.07 Å². The van der Waals surface area contributed by atoms with Gasteiger partial charge >= 0.3 is 0 Å². The van der Waals surface area contributed by atoms with Crippen LogP contribution in [0.2, 0.25) is 0 Å². The predicted octanol–water partition coefficient (Wildman–Crippen LogP) is 1.37. The van der Waals surface area contributed by atoms with Crippen LogP contribution >= 0.6 is 0 Å². The van der Waals surface area contributed by atoms with Gasteiger partial charge in [-0.2, -0.15) is 5.26 Å². The fraction of sp³-hybridized carbons (Fsp3) is 0.167. The number of nitrogens with one attached hydrogen (secondary N) is 2. The number of para-hydroxylation sites is 2. The van der Waals surface area contributed by atoms with E-state index in [1.807, 2.05) is 24.3 Å². The number of benzene rings is 1. The number of rotatable bonds is 1. The molecule has 0 aliphatic carbocycles. The predicted molar refractivity (Wildman–Crippen MR) is 62.6 cm³/mol. The molecule has 0 saturated carbocycles. The number of ether oxygens (including phenoxy) is 1. The van der Waals surface area contributed by atoms with E-state index in [1.165, 1.54) is 0 Å². The van der Waals surface area contributed by atoms with Crippen LogP contribution in [0.1, 0.15) is 5.82 Å². The van der Waals surface area contributed by atoms with Crippen molar-refractivity contribution in [2.24, 2.45) is 0 Å². The van der Waals surface area contributed by atoms with Gasteiger partial charge in [0.15, 0.2) is 11.4 Å². The highest BCUT2D eigenvalue weighted by Crippen LogP contribution is 2.20. The molecule has 2 aromatic rings. The first-order chi connectivity index (χ1) is 8.38. The van der Waals surface area contributed by atoms with Crippen molar-refractivity contribution in [2.75, 3.05) is 13.2 Å². The third-order valence-electron chi connectivity index (χ3n) is 2.60. The molecular weight excluding hydrogens is 216 g/mol. The standard InChI is InChI=1S/C12H10N4O/c13-7-8(12-14-5-6-17-12)11-15-9-3-1-2-4-10(9)16-11/h1-4,14H,5-6H2,(H,15,16)/b12-8+. The Bertz CT molecular complexity index is 594. The maximum atomic E-state index is 9.18. The second-order valence-electron chi connectivity index (χ2n) is 3.69. The van der Waals surface area contributed by atoms with Gasteiger partial charge in [-0.1, -0.05) is 12.1 Å². The lowest BCUT2D eigenvalue weighted by Gasteiger charge is -2.00. The largest absolute Gasteiger partial charge is 0.476 e. The van der Waals surface area contributed by atoms with Crippen molar-refractivity contribution < 1.29 is 4.74 Å². The van der Waals surface area contributed by atoms with E-state index in [2.05, 4.69) is 21.4 Å². The fourth-order valence-corrected chi connectivity index (χ4v) is 1.81.